The van der Waals surface area contributed by atoms with E-state index < -0.39 is 18.3 Å². The number of aliphatic hydroxyl groups is 1. The molecule has 0 aliphatic heterocycles. The van der Waals surface area contributed by atoms with Crippen molar-refractivity contribution in [3.8, 4) is 5.75 Å². The van der Waals surface area contributed by atoms with E-state index in [9.17, 15) is 13.2 Å². The normalized spacial score (nSPS) is 15.9. The van der Waals surface area contributed by atoms with Gasteiger partial charge < -0.3 is 15.9 Å². The highest BCUT2D eigenvalue weighted by atomic mass is 35.5. The minimum absolute atomic E-state index is 0.00683. The molecule has 0 saturated heterocycles. The van der Waals surface area contributed by atoms with E-state index in [0.717, 1.165) is 12.1 Å². The van der Waals surface area contributed by atoms with Gasteiger partial charge in [0.05, 0.1) is 11.1 Å². The molecule has 1 aromatic carbocycles. The van der Waals surface area contributed by atoms with Crippen molar-refractivity contribution in [2.45, 2.75) is 18.3 Å². The van der Waals surface area contributed by atoms with Crippen molar-refractivity contribution in [1.29, 1.82) is 0 Å². The number of aromatic hydroxyl groups is 1. The first-order valence-corrected chi connectivity index (χ1v) is 4.60. The highest BCUT2D eigenvalue weighted by Crippen LogP contribution is 2.31. The predicted octanol–water partition coefficient (Wildman–Crippen LogP) is 1.97. The molecule has 0 aromatic heterocycles. The Hall–Kier alpha value is -0.980. The number of rotatable bonds is 2. The molecule has 0 saturated carbocycles. The molecule has 2 atom stereocenters. The van der Waals surface area contributed by atoms with Crippen molar-refractivity contribution in [2.24, 2.45) is 5.73 Å². The fraction of sp³-hybridized carbons (Fsp3) is 0.333. The van der Waals surface area contributed by atoms with Gasteiger partial charge in [0.1, 0.15) is 5.75 Å². The van der Waals surface area contributed by atoms with Gasteiger partial charge in [-0.05, 0) is 17.7 Å². The molecule has 0 aliphatic carbocycles. The number of hydrogen-bond donors (Lipinski definition) is 3. The quantitative estimate of drug-likeness (QED) is 0.757. The lowest BCUT2D eigenvalue weighted by molar-refractivity contribution is -0.210. The van der Waals surface area contributed by atoms with E-state index in [4.69, 9.17) is 27.5 Å². The smallest absolute Gasteiger partial charge is 0.416 e. The van der Waals surface area contributed by atoms with Gasteiger partial charge in [0.25, 0.3) is 0 Å². The molecule has 4 N–H and O–H groups in total. The van der Waals surface area contributed by atoms with E-state index in [1.54, 1.807) is 0 Å². The Morgan fingerprint density at radius 1 is 1.31 bits per heavy atom. The summed E-state index contributed by atoms with van der Waals surface area (Å²) in [6, 6.07) is 1.72. The van der Waals surface area contributed by atoms with Crippen LogP contribution in [0, 0.1) is 0 Å². The van der Waals surface area contributed by atoms with E-state index in [-0.39, 0.29) is 16.3 Å². The van der Waals surface area contributed by atoms with Crippen LogP contribution in [0.5, 0.6) is 5.75 Å². The van der Waals surface area contributed by atoms with Crippen LogP contribution in [0.15, 0.2) is 18.2 Å². The lowest BCUT2D eigenvalue weighted by Crippen LogP contribution is -2.38. The number of alkyl halides is 3. The largest absolute Gasteiger partial charge is 0.506 e. The van der Waals surface area contributed by atoms with Gasteiger partial charge in [-0.1, -0.05) is 17.7 Å². The molecule has 0 bridgehead atoms. The molecule has 16 heavy (non-hydrogen) atoms. The molecule has 3 nitrogen and oxygen atoms in total. The SMILES string of the molecule is N[C@@H](c1ccc(O)c(Cl)c1)[C@H](O)C(F)(F)F. The first-order chi connectivity index (χ1) is 7.23. The van der Waals surface area contributed by atoms with Crippen LogP contribution in [0.25, 0.3) is 0 Å². The van der Waals surface area contributed by atoms with Gasteiger partial charge in [0.15, 0.2) is 6.10 Å². The van der Waals surface area contributed by atoms with E-state index in [1.165, 1.54) is 6.07 Å². The Morgan fingerprint density at radius 2 is 1.88 bits per heavy atom. The second kappa shape index (κ2) is 4.48. The van der Waals surface area contributed by atoms with Gasteiger partial charge in [0.2, 0.25) is 0 Å². The maximum absolute atomic E-state index is 12.2. The zero-order chi connectivity index (χ0) is 12.5. The minimum Gasteiger partial charge on any atom is -0.506 e. The van der Waals surface area contributed by atoms with Gasteiger partial charge >= 0.3 is 6.18 Å². The van der Waals surface area contributed by atoms with Crippen LogP contribution >= 0.6 is 11.6 Å². The molecule has 0 fully saturated rings. The van der Waals surface area contributed by atoms with E-state index in [0.29, 0.717) is 0 Å². The summed E-state index contributed by atoms with van der Waals surface area (Å²) in [5, 5.41) is 17.9. The van der Waals surface area contributed by atoms with Crippen LogP contribution in [0.2, 0.25) is 5.02 Å². The molecule has 7 heteroatoms. The maximum atomic E-state index is 12.2. The van der Waals surface area contributed by atoms with Crippen LogP contribution in [0.4, 0.5) is 13.2 Å². The summed E-state index contributed by atoms with van der Waals surface area (Å²) in [6.07, 6.45) is -7.47. The first-order valence-electron chi connectivity index (χ1n) is 4.22. The second-order valence-electron chi connectivity index (χ2n) is 3.22. The lowest BCUT2D eigenvalue weighted by Gasteiger charge is -2.21. The first kappa shape index (κ1) is 13.1. The van der Waals surface area contributed by atoms with E-state index >= 15 is 0 Å². The van der Waals surface area contributed by atoms with Gasteiger partial charge in [0, 0.05) is 0 Å². The molecule has 1 aromatic rings. The monoisotopic (exact) mass is 255 g/mol. The summed E-state index contributed by atoms with van der Waals surface area (Å²) in [5.74, 6) is -0.265. The van der Waals surface area contributed by atoms with Crippen LogP contribution in [-0.4, -0.2) is 22.5 Å². The van der Waals surface area contributed by atoms with Gasteiger partial charge in [-0.25, -0.2) is 0 Å². The molecule has 90 valence electrons. The molecule has 0 aliphatic rings. The van der Waals surface area contributed by atoms with Crippen molar-refractivity contribution < 1.29 is 23.4 Å². The standard InChI is InChI=1S/C9H9ClF3NO2/c10-5-3-4(1-2-6(5)15)7(14)8(16)9(11,12)13/h1-3,7-8,15-16H,14H2/t7-,8-/m0/s1. The summed E-state index contributed by atoms with van der Waals surface area (Å²) in [7, 11) is 0. The highest BCUT2D eigenvalue weighted by molar-refractivity contribution is 6.32. The number of benzene rings is 1. The predicted molar refractivity (Wildman–Crippen MR) is 52.1 cm³/mol. The molecule has 1 rings (SSSR count). The fourth-order valence-electron chi connectivity index (χ4n) is 1.12. The number of phenolic OH excluding ortho intramolecular Hbond substituents is 1. The van der Waals surface area contributed by atoms with E-state index in [2.05, 4.69) is 0 Å². The average molecular weight is 256 g/mol. The van der Waals surface area contributed by atoms with Crippen LogP contribution < -0.4 is 5.73 Å². The minimum atomic E-state index is -4.80. The maximum Gasteiger partial charge on any atom is 0.416 e. The summed E-state index contributed by atoms with van der Waals surface area (Å²) >= 11 is 5.51. The molecule has 0 unspecified atom stereocenters. The summed E-state index contributed by atoms with van der Waals surface area (Å²) in [4.78, 5) is 0. The highest BCUT2D eigenvalue weighted by Gasteiger charge is 2.42. The summed E-state index contributed by atoms with van der Waals surface area (Å²) in [5.41, 5.74) is 5.23. The van der Waals surface area contributed by atoms with Gasteiger partial charge in [-0.2, -0.15) is 13.2 Å². The molecular weight excluding hydrogens is 247 g/mol. The third kappa shape index (κ3) is 2.78. The van der Waals surface area contributed by atoms with Gasteiger partial charge in [-0.3, -0.25) is 0 Å². The molecule has 0 amide bonds. The third-order valence-corrected chi connectivity index (χ3v) is 2.33. The number of aliphatic hydroxyl groups excluding tert-OH is 1. The Balaban J connectivity index is 2.97. The number of phenols is 1. The van der Waals surface area contributed by atoms with Crippen molar-refractivity contribution in [1.82, 2.24) is 0 Å². The molecule has 0 radical (unpaired) electrons. The second-order valence-corrected chi connectivity index (χ2v) is 3.63. The van der Waals surface area contributed by atoms with E-state index in [1.807, 2.05) is 0 Å². The topological polar surface area (TPSA) is 66.5 Å². The van der Waals surface area contributed by atoms with Crippen molar-refractivity contribution in [3.05, 3.63) is 28.8 Å². The summed E-state index contributed by atoms with van der Waals surface area (Å²) < 4.78 is 36.5. The Morgan fingerprint density at radius 3 is 2.31 bits per heavy atom. The van der Waals surface area contributed by atoms with Gasteiger partial charge in [-0.15, -0.1) is 0 Å². The van der Waals surface area contributed by atoms with Crippen LogP contribution in [0.1, 0.15) is 11.6 Å². The Bertz CT molecular complexity index is 384. The summed E-state index contributed by atoms with van der Waals surface area (Å²) in [6.45, 7) is 0. The fourth-order valence-corrected chi connectivity index (χ4v) is 1.31. The number of nitrogens with two attached hydrogens (primary N) is 1. The average Bonchev–Trinajstić information content (AvgIpc) is 2.18. The Kier molecular flexibility index (Phi) is 3.67. The van der Waals surface area contributed by atoms with Crippen LogP contribution in [0.3, 0.4) is 0 Å². The zero-order valence-corrected chi connectivity index (χ0v) is 8.63. The molecule has 0 heterocycles. The molecule has 0 spiro atoms. The van der Waals surface area contributed by atoms with Crippen molar-refractivity contribution >= 4 is 11.6 Å². The Labute approximate surface area is 94.3 Å². The number of hydrogen-bond acceptors (Lipinski definition) is 3. The number of halogens is 4. The van der Waals surface area contributed by atoms with Crippen molar-refractivity contribution in [2.75, 3.05) is 0 Å². The lowest BCUT2D eigenvalue weighted by atomic mass is 10.0. The zero-order valence-electron chi connectivity index (χ0n) is 7.87. The molecular formula is C9H9ClF3NO2. The van der Waals surface area contributed by atoms with Crippen molar-refractivity contribution in [3.63, 3.8) is 0 Å². The van der Waals surface area contributed by atoms with Crippen LogP contribution in [-0.2, 0) is 0 Å². The third-order valence-electron chi connectivity index (χ3n) is 2.03.